The number of carbonyl (C=O) groups is 2. The van der Waals surface area contributed by atoms with Crippen LogP contribution in [0.15, 0.2) is 53.0 Å². The fourth-order valence-corrected chi connectivity index (χ4v) is 3.25. The van der Waals surface area contributed by atoms with Crippen LogP contribution in [0.1, 0.15) is 18.9 Å². The number of amides is 3. The summed E-state index contributed by atoms with van der Waals surface area (Å²) in [7, 11) is 0. The summed E-state index contributed by atoms with van der Waals surface area (Å²) in [6.07, 6.45) is 0.368. The van der Waals surface area contributed by atoms with E-state index in [0.717, 1.165) is 9.37 Å². The standard InChI is InChI=1S/C19H18BrFN2O3/c1-2-19(13-3-7-15(21)8-4-13)17(24)23(18(25)22-19)11-12-26-16-9-5-14(20)6-10-16/h3-10H,2,11-12H2,1H3,(H,22,25). The smallest absolute Gasteiger partial charge is 0.325 e. The molecule has 1 aliphatic rings. The zero-order chi connectivity index (χ0) is 18.7. The van der Waals surface area contributed by atoms with E-state index in [2.05, 4.69) is 21.2 Å². The molecule has 0 aliphatic carbocycles. The molecule has 3 amide bonds. The normalized spacial score (nSPS) is 19.6. The van der Waals surface area contributed by atoms with E-state index in [-0.39, 0.29) is 19.1 Å². The molecule has 2 aromatic rings. The zero-order valence-corrected chi connectivity index (χ0v) is 15.8. The summed E-state index contributed by atoms with van der Waals surface area (Å²) >= 11 is 3.35. The summed E-state index contributed by atoms with van der Waals surface area (Å²) in [5.74, 6) is -0.0897. The first-order valence-electron chi connectivity index (χ1n) is 8.25. The van der Waals surface area contributed by atoms with Crippen molar-refractivity contribution < 1.29 is 18.7 Å². The lowest BCUT2D eigenvalue weighted by Crippen LogP contribution is -2.43. The summed E-state index contributed by atoms with van der Waals surface area (Å²) in [5.41, 5.74) is -0.598. The van der Waals surface area contributed by atoms with E-state index in [4.69, 9.17) is 4.74 Å². The SMILES string of the molecule is CCC1(c2ccc(F)cc2)NC(=O)N(CCOc2ccc(Br)cc2)C1=O. The van der Waals surface area contributed by atoms with E-state index in [1.165, 1.54) is 24.3 Å². The van der Waals surface area contributed by atoms with Crippen LogP contribution in [0.2, 0.25) is 0 Å². The maximum absolute atomic E-state index is 13.2. The van der Waals surface area contributed by atoms with E-state index < -0.39 is 17.4 Å². The number of urea groups is 1. The number of nitrogens with one attached hydrogen (secondary N) is 1. The molecular formula is C19H18BrFN2O3. The quantitative estimate of drug-likeness (QED) is 0.722. The van der Waals surface area contributed by atoms with Gasteiger partial charge in [0.15, 0.2) is 0 Å². The molecule has 3 rings (SSSR count). The Morgan fingerprint density at radius 1 is 1.12 bits per heavy atom. The van der Waals surface area contributed by atoms with Crippen molar-refractivity contribution in [3.05, 3.63) is 64.4 Å². The molecule has 1 N–H and O–H groups in total. The zero-order valence-electron chi connectivity index (χ0n) is 14.2. The Labute approximate surface area is 159 Å². The number of imide groups is 1. The van der Waals surface area contributed by atoms with Crippen molar-refractivity contribution in [2.75, 3.05) is 13.2 Å². The van der Waals surface area contributed by atoms with Crippen LogP contribution >= 0.6 is 15.9 Å². The first-order chi connectivity index (χ1) is 12.5. The third-order valence-corrected chi connectivity index (χ3v) is 4.97. The lowest BCUT2D eigenvalue weighted by atomic mass is 9.87. The molecule has 0 saturated carbocycles. The molecule has 7 heteroatoms. The average Bonchev–Trinajstić information content (AvgIpc) is 2.89. The summed E-state index contributed by atoms with van der Waals surface area (Å²) in [6.45, 7) is 2.12. The molecule has 0 spiro atoms. The van der Waals surface area contributed by atoms with E-state index in [1.807, 2.05) is 19.1 Å². The van der Waals surface area contributed by atoms with E-state index in [1.54, 1.807) is 12.1 Å². The van der Waals surface area contributed by atoms with Gasteiger partial charge in [-0.3, -0.25) is 9.69 Å². The number of nitrogens with zero attached hydrogens (tertiary/aromatic N) is 1. The predicted molar refractivity (Wildman–Crippen MR) is 98.3 cm³/mol. The lowest BCUT2D eigenvalue weighted by Gasteiger charge is -2.25. The van der Waals surface area contributed by atoms with E-state index >= 15 is 0 Å². The largest absolute Gasteiger partial charge is 0.492 e. The third-order valence-electron chi connectivity index (χ3n) is 4.44. The van der Waals surface area contributed by atoms with Gasteiger partial charge in [-0.05, 0) is 48.4 Å². The molecule has 136 valence electrons. The molecule has 5 nitrogen and oxygen atoms in total. The first-order valence-corrected chi connectivity index (χ1v) is 9.04. The van der Waals surface area contributed by atoms with Crippen molar-refractivity contribution in [1.82, 2.24) is 10.2 Å². The lowest BCUT2D eigenvalue weighted by molar-refractivity contribution is -0.132. The van der Waals surface area contributed by atoms with Gasteiger partial charge in [-0.2, -0.15) is 0 Å². The Kier molecular flexibility index (Phi) is 5.27. The molecular weight excluding hydrogens is 403 g/mol. The minimum Gasteiger partial charge on any atom is -0.492 e. The number of hydrogen-bond acceptors (Lipinski definition) is 3. The maximum atomic E-state index is 13.2. The molecule has 0 bridgehead atoms. The summed E-state index contributed by atoms with van der Waals surface area (Å²) in [6, 6.07) is 12.4. The van der Waals surface area contributed by atoms with Crippen LogP contribution in [0.4, 0.5) is 9.18 Å². The van der Waals surface area contributed by atoms with Crippen molar-refractivity contribution in [1.29, 1.82) is 0 Å². The minimum absolute atomic E-state index is 0.129. The summed E-state index contributed by atoms with van der Waals surface area (Å²) in [4.78, 5) is 26.4. The van der Waals surface area contributed by atoms with E-state index in [9.17, 15) is 14.0 Å². The summed E-state index contributed by atoms with van der Waals surface area (Å²) < 4.78 is 19.7. The number of carbonyl (C=O) groups excluding carboxylic acids is 2. The van der Waals surface area contributed by atoms with Gasteiger partial charge < -0.3 is 10.1 Å². The second kappa shape index (κ2) is 7.45. The van der Waals surface area contributed by atoms with Gasteiger partial charge in [0, 0.05) is 4.47 Å². The minimum atomic E-state index is -1.16. The van der Waals surface area contributed by atoms with Crippen molar-refractivity contribution in [2.45, 2.75) is 18.9 Å². The second-order valence-electron chi connectivity index (χ2n) is 5.96. The van der Waals surface area contributed by atoms with Crippen molar-refractivity contribution in [3.63, 3.8) is 0 Å². The van der Waals surface area contributed by atoms with Crippen LogP contribution in [-0.4, -0.2) is 30.0 Å². The van der Waals surface area contributed by atoms with Gasteiger partial charge in [0.05, 0.1) is 6.54 Å². The molecule has 1 heterocycles. The highest BCUT2D eigenvalue weighted by atomic mass is 79.9. The van der Waals surface area contributed by atoms with Gasteiger partial charge in [-0.15, -0.1) is 0 Å². The Bertz CT molecular complexity index is 811. The van der Waals surface area contributed by atoms with Crippen molar-refractivity contribution in [3.8, 4) is 5.75 Å². The maximum Gasteiger partial charge on any atom is 0.325 e. The Morgan fingerprint density at radius 3 is 2.38 bits per heavy atom. The van der Waals surface area contributed by atoms with Crippen molar-refractivity contribution in [2.24, 2.45) is 0 Å². The Morgan fingerprint density at radius 2 is 1.77 bits per heavy atom. The van der Waals surface area contributed by atoms with Gasteiger partial charge in [0.2, 0.25) is 0 Å². The van der Waals surface area contributed by atoms with Gasteiger partial charge in [-0.1, -0.05) is 35.0 Å². The Hall–Kier alpha value is -2.41. The molecule has 1 atom stereocenters. The summed E-state index contributed by atoms with van der Waals surface area (Å²) in [5, 5.41) is 2.76. The topological polar surface area (TPSA) is 58.6 Å². The number of hydrogen-bond donors (Lipinski definition) is 1. The highest BCUT2D eigenvalue weighted by Gasteiger charge is 2.51. The van der Waals surface area contributed by atoms with Gasteiger partial charge in [0.1, 0.15) is 23.7 Å². The fourth-order valence-electron chi connectivity index (χ4n) is 2.99. The van der Waals surface area contributed by atoms with Gasteiger partial charge in [-0.25, -0.2) is 9.18 Å². The third kappa shape index (κ3) is 3.44. The van der Waals surface area contributed by atoms with Crippen LogP contribution in [0, 0.1) is 5.82 Å². The van der Waals surface area contributed by atoms with Crippen LogP contribution in [0.25, 0.3) is 0 Å². The molecule has 0 radical (unpaired) electrons. The van der Waals surface area contributed by atoms with Gasteiger partial charge >= 0.3 is 6.03 Å². The average molecular weight is 421 g/mol. The molecule has 1 unspecified atom stereocenters. The highest BCUT2D eigenvalue weighted by Crippen LogP contribution is 2.32. The van der Waals surface area contributed by atoms with Crippen LogP contribution < -0.4 is 10.1 Å². The number of benzene rings is 2. The predicted octanol–water partition coefficient (Wildman–Crippen LogP) is 3.82. The fraction of sp³-hybridized carbons (Fsp3) is 0.263. The monoisotopic (exact) mass is 420 g/mol. The first kappa shape index (κ1) is 18.4. The van der Waals surface area contributed by atoms with Crippen molar-refractivity contribution >= 4 is 27.9 Å². The number of ether oxygens (including phenoxy) is 1. The van der Waals surface area contributed by atoms with Gasteiger partial charge in [0.25, 0.3) is 5.91 Å². The molecule has 1 aliphatic heterocycles. The number of rotatable bonds is 6. The molecule has 1 saturated heterocycles. The molecule has 2 aromatic carbocycles. The molecule has 1 fully saturated rings. The number of halogens is 2. The molecule has 0 aromatic heterocycles. The van der Waals surface area contributed by atoms with E-state index in [0.29, 0.717) is 17.7 Å². The van der Waals surface area contributed by atoms with Crippen LogP contribution in [-0.2, 0) is 10.3 Å². The Balaban J connectivity index is 1.71. The van der Waals surface area contributed by atoms with Crippen LogP contribution in [0.3, 0.4) is 0 Å². The highest BCUT2D eigenvalue weighted by molar-refractivity contribution is 9.10. The second-order valence-corrected chi connectivity index (χ2v) is 6.87. The molecule has 26 heavy (non-hydrogen) atoms. The van der Waals surface area contributed by atoms with Crippen LogP contribution in [0.5, 0.6) is 5.75 Å².